The minimum atomic E-state index is -0.270. The van der Waals surface area contributed by atoms with Crippen molar-refractivity contribution in [3.63, 3.8) is 0 Å². The molecule has 0 spiro atoms. The zero-order valence-corrected chi connectivity index (χ0v) is 12.7. The van der Waals surface area contributed by atoms with Gasteiger partial charge in [0.25, 0.3) is 0 Å². The van der Waals surface area contributed by atoms with Gasteiger partial charge in [-0.15, -0.1) is 5.10 Å². The number of hydrogen-bond donors (Lipinski definition) is 0. The van der Waals surface area contributed by atoms with E-state index in [1.54, 1.807) is 27.6 Å². The monoisotopic (exact) mass is 307 g/mol. The van der Waals surface area contributed by atoms with E-state index in [0.717, 1.165) is 33.7 Å². The van der Waals surface area contributed by atoms with E-state index in [0.29, 0.717) is 0 Å². The van der Waals surface area contributed by atoms with Crippen molar-refractivity contribution in [2.45, 2.75) is 6.92 Å². The lowest BCUT2D eigenvalue weighted by Gasteiger charge is -2.04. The molecule has 0 amide bonds. The highest BCUT2D eigenvalue weighted by Crippen LogP contribution is 2.34. The average Bonchev–Trinajstić information content (AvgIpc) is 3.10. The number of hydrogen-bond acceptors (Lipinski definition) is 3. The van der Waals surface area contributed by atoms with Crippen molar-refractivity contribution in [3.8, 4) is 22.5 Å². The van der Waals surface area contributed by atoms with E-state index in [1.807, 2.05) is 32.2 Å². The van der Waals surface area contributed by atoms with Crippen molar-refractivity contribution in [2.75, 3.05) is 0 Å². The van der Waals surface area contributed by atoms with Gasteiger partial charge < -0.3 is 0 Å². The molecule has 3 heterocycles. The molecular weight excluding hydrogens is 293 g/mol. The number of aryl methyl sites for hydroxylation is 2. The quantitative estimate of drug-likeness (QED) is 0.571. The second kappa shape index (κ2) is 5.01. The standard InChI is InChI=1S/C17H14FN5/c1-11-3-8-15-16(14-9-10-19-22(14)2)17(21-23(15)20-11)12-4-6-13(18)7-5-12/h3-10H,1-2H3. The molecule has 0 unspecified atom stereocenters. The molecule has 6 heteroatoms. The molecule has 23 heavy (non-hydrogen) atoms. The van der Waals surface area contributed by atoms with E-state index in [4.69, 9.17) is 0 Å². The summed E-state index contributed by atoms with van der Waals surface area (Å²) in [7, 11) is 1.88. The SMILES string of the molecule is Cc1ccc2c(-c3ccnn3C)c(-c3ccc(F)cc3)nn2n1. The number of nitrogens with zero attached hydrogens (tertiary/aromatic N) is 5. The number of fused-ring (bicyclic) bond motifs is 1. The molecular formula is C17H14FN5. The van der Waals surface area contributed by atoms with E-state index >= 15 is 0 Å². The van der Waals surface area contributed by atoms with Crippen molar-refractivity contribution >= 4 is 5.52 Å². The lowest BCUT2D eigenvalue weighted by molar-refractivity contribution is 0.628. The molecule has 1 aromatic carbocycles. The van der Waals surface area contributed by atoms with Gasteiger partial charge in [0.05, 0.1) is 22.5 Å². The summed E-state index contributed by atoms with van der Waals surface area (Å²) in [5, 5.41) is 13.3. The first-order chi connectivity index (χ1) is 11.1. The molecule has 0 atom stereocenters. The van der Waals surface area contributed by atoms with Crippen LogP contribution in [0, 0.1) is 12.7 Å². The van der Waals surface area contributed by atoms with Gasteiger partial charge in [0.15, 0.2) is 0 Å². The van der Waals surface area contributed by atoms with E-state index in [2.05, 4.69) is 15.3 Å². The van der Waals surface area contributed by atoms with Gasteiger partial charge in [0, 0.05) is 18.8 Å². The molecule has 0 bridgehead atoms. The van der Waals surface area contributed by atoms with Gasteiger partial charge in [-0.25, -0.2) is 4.39 Å². The summed E-state index contributed by atoms with van der Waals surface area (Å²) in [6, 6.07) is 12.2. The molecule has 4 aromatic rings. The smallest absolute Gasteiger partial charge is 0.123 e. The van der Waals surface area contributed by atoms with Crippen LogP contribution in [-0.2, 0) is 7.05 Å². The fourth-order valence-electron chi connectivity index (χ4n) is 2.71. The van der Waals surface area contributed by atoms with Gasteiger partial charge in [-0.2, -0.15) is 14.8 Å². The fourth-order valence-corrected chi connectivity index (χ4v) is 2.71. The Balaban J connectivity index is 2.06. The number of aromatic nitrogens is 5. The second-order valence-corrected chi connectivity index (χ2v) is 5.42. The Kier molecular flexibility index (Phi) is 2.97. The first-order valence-corrected chi connectivity index (χ1v) is 7.24. The predicted octanol–water partition coefficient (Wildman–Crippen LogP) is 3.24. The Labute approximate surface area is 132 Å². The Morgan fingerprint density at radius 3 is 2.43 bits per heavy atom. The summed E-state index contributed by atoms with van der Waals surface area (Å²) >= 11 is 0. The largest absolute Gasteiger partial charge is 0.268 e. The molecule has 0 aliphatic carbocycles. The number of rotatable bonds is 2. The van der Waals surface area contributed by atoms with E-state index < -0.39 is 0 Å². The Morgan fingerprint density at radius 1 is 0.957 bits per heavy atom. The summed E-state index contributed by atoms with van der Waals surface area (Å²) in [6.07, 6.45) is 1.74. The highest BCUT2D eigenvalue weighted by atomic mass is 19.1. The third-order valence-corrected chi connectivity index (χ3v) is 3.83. The van der Waals surface area contributed by atoms with Crippen molar-refractivity contribution in [2.24, 2.45) is 7.05 Å². The molecule has 4 rings (SSSR count). The Morgan fingerprint density at radius 2 is 1.74 bits per heavy atom. The zero-order chi connectivity index (χ0) is 16.0. The van der Waals surface area contributed by atoms with Gasteiger partial charge in [0.1, 0.15) is 11.5 Å². The molecule has 0 N–H and O–H groups in total. The summed E-state index contributed by atoms with van der Waals surface area (Å²) in [5.41, 5.74) is 5.23. The molecule has 0 saturated carbocycles. The highest BCUT2D eigenvalue weighted by molar-refractivity contribution is 5.90. The summed E-state index contributed by atoms with van der Waals surface area (Å²) in [4.78, 5) is 0. The van der Waals surface area contributed by atoms with Crippen LogP contribution in [0.5, 0.6) is 0 Å². The maximum Gasteiger partial charge on any atom is 0.123 e. The summed E-state index contributed by atoms with van der Waals surface area (Å²) in [6.45, 7) is 1.92. The van der Waals surface area contributed by atoms with Crippen molar-refractivity contribution in [1.82, 2.24) is 24.6 Å². The maximum atomic E-state index is 13.2. The first-order valence-electron chi connectivity index (χ1n) is 7.24. The molecule has 0 radical (unpaired) electrons. The number of halogens is 1. The van der Waals surface area contributed by atoms with Gasteiger partial charge in [-0.3, -0.25) is 4.68 Å². The third kappa shape index (κ3) is 2.19. The van der Waals surface area contributed by atoms with E-state index in [1.165, 1.54) is 12.1 Å². The van der Waals surface area contributed by atoms with Crippen molar-refractivity contribution in [1.29, 1.82) is 0 Å². The average molecular weight is 307 g/mol. The van der Waals surface area contributed by atoms with Gasteiger partial charge in [0.2, 0.25) is 0 Å². The van der Waals surface area contributed by atoms with Crippen molar-refractivity contribution in [3.05, 3.63) is 60.2 Å². The van der Waals surface area contributed by atoms with Crippen LogP contribution in [0.15, 0.2) is 48.7 Å². The van der Waals surface area contributed by atoms with Crippen LogP contribution < -0.4 is 0 Å². The zero-order valence-electron chi connectivity index (χ0n) is 12.7. The van der Waals surface area contributed by atoms with Gasteiger partial charge in [-0.1, -0.05) is 0 Å². The molecule has 0 aliphatic rings. The predicted molar refractivity (Wildman–Crippen MR) is 85.3 cm³/mol. The second-order valence-electron chi connectivity index (χ2n) is 5.42. The van der Waals surface area contributed by atoms with Crippen LogP contribution >= 0.6 is 0 Å². The van der Waals surface area contributed by atoms with Crippen LogP contribution in [-0.4, -0.2) is 24.6 Å². The maximum absolute atomic E-state index is 13.2. The minimum Gasteiger partial charge on any atom is -0.268 e. The van der Waals surface area contributed by atoms with Crippen LogP contribution in [0.3, 0.4) is 0 Å². The molecule has 3 aromatic heterocycles. The Hall–Kier alpha value is -3.02. The lowest BCUT2D eigenvalue weighted by Crippen LogP contribution is -1.96. The van der Waals surface area contributed by atoms with Gasteiger partial charge >= 0.3 is 0 Å². The van der Waals surface area contributed by atoms with Gasteiger partial charge in [-0.05, 0) is 49.4 Å². The molecule has 0 aliphatic heterocycles. The molecule has 0 saturated heterocycles. The third-order valence-electron chi connectivity index (χ3n) is 3.83. The van der Waals surface area contributed by atoms with Crippen LogP contribution in [0.25, 0.3) is 28.0 Å². The molecule has 5 nitrogen and oxygen atoms in total. The highest BCUT2D eigenvalue weighted by Gasteiger charge is 2.19. The molecule has 114 valence electrons. The summed E-state index contributed by atoms with van der Waals surface area (Å²) < 4.78 is 16.7. The van der Waals surface area contributed by atoms with E-state index in [9.17, 15) is 4.39 Å². The van der Waals surface area contributed by atoms with Crippen molar-refractivity contribution < 1.29 is 4.39 Å². The Bertz CT molecular complexity index is 998. The first kappa shape index (κ1) is 13.6. The van der Waals surface area contributed by atoms with E-state index in [-0.39, 0.29) is 5.82 Å². The van der Waals surface area contributed by atoms with Crippen LogP contribution in [0.2, 0.25) is 0 Å². The van der Waals surface area contributed by atoms with Crippen LogP contribution in [0.1, 0.15) is 5.69 Å². The van der Waals surface area contributed by atoms with Crippen LogP contribution in [0.4, 0.5) is 4.39 Å². The topological polar surface area (TPSA) is 48.0 Å². The normalized spacial score (nSPS) is 11.3. The molecule has 0 fully saturated rings. The lowest BCUT2D eigenvalue weighted by atomic mass is 10.0. The summed E-state index contributed by atoms with van der Waals surface area (Å²) in [5.74, 6) is -0.270. The number of benzene rings is 1. The minimum absolute atomic E-state index is 0.270. The fraction of sp³-hybridized carbons (Fsp3) is 0.118.